The summed E-state index contributed by atoms with van der Waals surface area (Å²) in [5.74, 6) is 1.98. The number of rotatable bonds is 5. The van der Waals surface area contributed by atoms with Gasteiger partial charge >= 0.3 is 0 Å². The van der Waals surface area contributed by atoms with E-state index in [-0.39, 0.29) is 0 Å². The molecule has 0 saturated heterocycles. The van der Waals surface area contributed by atoms with E-state index in [2.05, 4.69) is 152 Å². The van der Waals surface area contributed by atoms with Gasteiger partial charge in [0.2, 0.25) is 0 Å². The minimum Gasteiger partial charge on any atom is -0.208 e. The van der Waals surface area contributed by atoms with Crippen molar-refractivity contribution in [3.8, 4) is 67.5 Å². The Morgan fingerprint density at radius 3 is 1.65 bits per heavy atom. The van der Waals surface area contributed by atoms with E-state index in [0.29, 0.717) is 17.5 Å². The normalized spacial score (nSPS) is 11.8. The molecule has 1 aliphatic heterocycles. The Labute approximate surface area is 300 Å². The molecular weight excluding hydrogens is 639 g/mol. The number of hydrogen-bond acceptors (Lipinski definition) is 4. The van der Waals surface area contributed by atoms with Gasteiger partial charge in [0.15, 0.2) is 17.5 Å². The van der Waals surface area contributed by atoms with Crippen molar-refractivity contribution in [3.63, 3.8) is 0 Å². The van der Waals surface area contributed by atoms with Crippen molar-refractivity contribution in [2.45, 2.75) is 9.79 Å². The highest BCUT2D eigenvalue weighted by atomic mass is 32.2. The van der Waals surface area contributed by atoms with Crippen LogP contribution in [0.15, 0.2) is 186 Å². The maximum absolute atomic E-state index is 5.20. The Hall–Kier alpha value is -6.36. The van der Waals surface area contributed by atoms with Crippen LogP contribution in [0.2, 0.25) is 0 Å². The second-order valence-corrected chi connectivity index (χ2v) is 13.9. The third kappa shape index (κ3) is 5.20. The number of aromatic nitrogens is 3. The third-order valence-electron chi connectivity index (χ3n) is 9.72. The molecule has 0 saturated carbocycles. The molecule has 0 aliphatic carbocycles. The number of nitrogens with zero attached hydrogens (tertiary/aromatic N) is 3. The zero-order chi connectivity index (χ0) is 33.7. The van der Waals surface area contributed by atoms with Crippen LogP contribution in [0.25, 0.3) is 89.1 Å². The standard InChI is InChI=1S/C47H29N3S/c1-4-12-30(13-5-1)33-22-23-35-29-36(25-24-34(35)28-33)46-48-45(32-16-8-3-9-17-32)49-47(50-46)41-21-11-20-40-39-19-10-18-38-37(31-14-6-2-7-15-31)26-27-42(43(38)39)51-44(40)41/h1-29H. The first-order valence-corrected chi connectivity index (χ1v) is 17.9. The molecular formula is C47H29N3S. The van der Waals surface area contributed by atoms with E-state index in [9.17, 15) is 0 Å². The zero-order valence-corrected chi connectivity index (χ0v) is 28.3. The fourth-order valence-electron chi connectivity index (χ4n) is 7.24. The lowest BCUT2D eigenvalue weighted by Crippen LogP contribution is -2.02. The van der Waals surface area contributed by atoms with E-state index in [4.69, 9.17) is 15.0 Å². The minimum atomic E-state index is 0.654. The van der Waals surface area contributed by atoms with Crippen molar-refractivity contribution in [2.75, 3.05) is 0 Å². The monoisotopic (exact) mass is 667 g/mol. The van der Waals surface area contributed by atoms with Gasteiger partial charge in [-0.3, -0.25) is 0 Å². The Morgan fingerprint density at radius 2 is 0.902 bits per heavy atom. The summed E-state index contributed by atoms with van der Waals surface area (Å²) in [5.41, 5.74) is 10.2. The molecule has 238 valence electrons. The molecule has 0 spiro atoms. The van der Waals surface area contributed by atoms with Crippen LogP contribution in [0, 0.1) is 0 Å². The van der Waals surface area contributed by atoms with Crippen LogP contribution >= 0.6 is 11.8 Å². The van der Waals surface area contributed by atoms with Crippen LogP contribution in [0.4, 0.5) is 0 Å². The summed E-state index contributed by atoms with van der Waals surface area (Å²) in [4.78, 5) is 17.8. The lowest BCUT2D eigenvalue weighted by Gasteiger charge is -2.23. The Morgan fingerprint density at radius 1 is 0.333 bits per heavy atom. The summed E-state index contributed by atoms with van der Waals surface area (Å²) >= 11 is 1.80. The van der Waals surface area contributed by atoms with Crippen LogP contribution in [-0.2, 0) is 0 Å². The molecule has 10 rings (SSSR count). The SMILES string of the molecule is c1ccc(-c2ccc3cc(-c4nc(-c5ccccc5)nc(-c5cccc6c5Sc5ccc(-c7ccccc7)c7cccc-6c57)n4)ccc3c2)cc1. The predicted octanol–water partition coefficient (Wildman–Crippen LogP) is 12.6. The second kappa shape index (κ2) is 12.2. The number of benzene rings is 8. The van der Waals surface area contributed by atoms with Gasteiger partial charge in [0.05, 0.1) is 0 Å². The van der Waals surface area contributed by atoms with Crippen molar-refractivity contribution < 1.29 is 0 Å². The van der Waals surface area contributed by atoms with E-state index in [1.165, 1.54) is 54.4 Å². The molecule has 0 atom stereocenters. The molecule has 3 nitrogen and oxygen atoms in total. The molecule has 0 bridgehead atoms. The Bertz CT molecular complexity index is 2760. The maximum Gasteiger partial charge on any atom is 0.165 e. The largest absolute Gasteiger partial charge is 0.208 e. The first-order valence-electron chi connectivity index (χ1n) is 17.1. The quantitative estimate of drug-likeness (QED) is 0.183. The topological polar surface area (TPSA) is 38.7 Å². The van der Waals surface area contributed by atoms with E-state index in [0.717, 1.165) is 27.0 Å². The molecule has 2 heterocycles. The highest BCUT2D eigenvalue weighted by Crippen LogP contribution is 2.52. The summed E-state index contributed by atoms with van der Waals surface area (Å²) < 4.78 is 0. The molecule has 8 aromatic carbocycles. The average Bonchev–Trinajstić information content (AvgIpc) is 3.21. The van der Waals surface area contributed by atoms with Crippen molar-refractivity contribution in [1.29, 1.82) is 0 Å². The fourth-order valence-corrected chi connectivity index (χ4v) is 8.47. The van der Waals surface area contributed by atoms with Crippen LogP contribution in [-0.4, -0.2) is 15.0 Å². The van der Waals surface area contributed by atoms with E-state index < -0.39 is 0 Å². The summed E-state index contributed by atoms with van der Waals surface area (Å²) in [6.45, 7) is 0. The summed E-state index contributed by atoms with van der Waals surface area (Å²) in [6.07, 6.45) is 0. The Balaban J connectivity index is 1.12. The fraction of sp³-hybridized carbons (Fsp3) is 0. The number of hydrogen-bond donors (Lipinski definition) is 0. The van der Waals surface area contributed by atoms with Crippen molar-refractivity contribution in [3.05, 3.63) is 176 Å². The molecule has 0 unspecified atom stereocenters. The van der Waals surface area contributed by atoms with Gasteiger partial charge in [0, 0.05) is 31.9 Å². The smallest absolute Gasteiger partial charge is 0.165 e. The van der Waals surface area contributed by atoms with Gasteiger partial charge in [-0.25, -0.2) is 15.0 Å². The minimum absolute atomic E-state index is 0.654. The number of fused-ring (bicyclic) bond motifs is 3. The van der Waals surface area contributed by atoms with Crippen LogP contribution < -0.4 is 0 Å². The van der Waals surface area contributed by atoms with Gasteiger partial charge in [-0.2, -0.15) is 0 Å². The van der Waals surface area contributed by atoms with Crippen molar-refractivity contribution in [2.24, 2.45) is 0 Å². The van der Waals surface area contributed by atoms with Crippen LogP contribution in [0.1, 0.15) is 0 Å². The zero-order valence-electron chi connectivity index (χ0n) is 27.5. The predicted molar refractivity (Wildman–Crippen MR) is 212 cm³/mol. The Kier molecular flexibility index (Phi) is 7.07. The van der Waals surface area contributed by atoms with Crippen molar-refractivity contribution in [1.82, 2.24) is 15.0 Å². The molecule has 0 amide bonds. The highest BCUT2D eigenvalue weighted by molar-refractivity contribution is 8.00. The second-order valence-electron chi connectivity index (χ2n) is 12.8. The summed E-state index contributed by atoms with van der Waals surface area (Å²) in [5, 5.41) is 4.87. The van der Waals surface area contributed by atoms with Gasteiger partial charge < -0.3 is 0 Å². The van der Waals surface area contributed by atoms with E-state index >= 15 is 0 Å². The third-order valence-corrected chi connectivity index (χ3v) is 10.9. The summed E-state index contributed by atoms with van der Waals surface area (Å²) in [6, 6.07) is 62.2. The first-order chi connectivity index (χ1) is 25.3. The van der Waals surface area contributed by atoms with Crippen LogP contribution in [0.3, 0.4) is 0 Å². The van der Waals surface area contributed by atoms with Gasteiger partial charge in [-0.1, -0.05) is 163 Å². The lowest BCUT2D eigenvalue weighted by atomic mass is 9.92. The lowest BCUT2D eigenvalue weighted by molar-refractivity contribution is 1.07. The molecule has 4 heteroatoms. The first kappa shape index (κ1) is 29.5. The molecule has 9 aromatic rings. The van der Waals surface area contributed by atoms with Gasteiger partial charge in [-0.05, 0) is 73.8 Å². The molecule has 0 radical (unpaired) electrons. The van der Waals surface area contributed by atoms with Crippen LogP contribution in [0.5, 0.6) is 0 Å². The van der Waals surface area contributed by atoms with E-state index in [1.54, 1.807) is 11.8 Å². The molecule has 0 N–H and O–H groups in total. The van der Waals surface area contributed by atoms with Crippen molar-refractivity contribution >= 4 is 33.3 Å². The average molecular weight is 668 g/mol. The molecule has 1 aliphatic rings. The van der Waals surface area contributed by atoms with Gasteiger partial charge in [0.1, 0.15) is 0 Å². The summed E-state index contributed by atoms with van der Waals surface area (Å²) in [7, 11) is 0. The molecule has 0 fully saturated rings. The maximum atomic E-state index is 5.20. The highest BCUT2D eigenvalue weighted by Gasteiger charge is 2.25. The molecule has 51 heavy (non-hydrogen) atoms. The van der Waals surface area contributed by atoms with Gasteiger partial charge in [-0.15, -0.1) is 0 Å². The van der Waals surface area contributed by atoms with Gasteiger partial charge in [0.25, 0.3) is 0 Å². The molecule has 1 aromatic heterocycles. The van der Waals surface area contributed by atoms with E-state index in [1.807, 2.05) is 24.3 Å².